The summed E-state index contributed by atoms with van der Waals surface area (Å²) in [6.07, 6.45) is 1.06. The number of hydrogen-bond donors (Lipinski definition) is 2. The molecule has 0 spiro atoms. The molecule has 2 rings (SSSR count). The van der Waals surface area contributed by atoms with Crippen molar-refractivity contribution in [3.8, 4) is 0 Å². The van der Waals surface area contributed by atoms with Gasteiger partial charge in [-0.1, -0.05) is 6.07 Å². The molecule has 1 atom stereocenters. The highest BCUT2D eigenvalue weighted by molar-refractivity contribution is 5.90. The van der Waals surface area contributed by atoms with Crippen LogP contribution in [0.4, 0.5) is 5.69 Å². The van der Waals surface area contributed by atoms with Crippen molar-refractivity contribution in [3.63, 3.8) is 0 Å². The summed E-state index contributed by atoms with van der Waals surface area (Å²) in [5.41, 5.74) is 1.72. The minimum Gasteiger partial charge on any atom is -0.465 e. The minimum absolute atomic E-state index is 0.178. The number of ether oxygens (including phenoxy) is 1. The molecule has 98 valence electrons. The number of anilines is 1. The van der Waals surface area contributed by atoms with Crippen LogP contribution in [0.2, 0.25) is 0 Å². The molecule has 1 aromatic carbocycles. The summed E-state index contributed by atoms with van der Waals surface area (Å²) in [7, 11) is 1.39. The van der Waals surface area contributed by atoms with Crippen molar-refractivity contribution >= 4 is 11.7 Å². The second kappa shape index (κ2) is 4.98. The van der Waals surface area contributed by atoms with Crippen molar-refractivity contribution < 1.29 is 9.53 Å². The quantitative estimate of drug-likeness (QED) is 0.804. The molecule has 4 heteroatoms. The van der Waals surface area contributed by atoms with Gasteiger partial charge in [-0.3, -0.25) is 0 Å². The number of nitrogens with one attached hydrogen (secondary N) is 2. The molecule has 0 radical (unpaired) electrons. The monoisotopic (exact) mass is 248 g/mol. The van der Waals surface area contributed by atoms with Crippen LogP contribution in [0, 0.1) is 0 Å². The molecule has 0 saturated carbocycles. The standard InChI is InChI=1S/C14H20N2O2/c1-14(2)8-12(9-15-14)16-11-6-4-5-10(7-11)13(17)18-3/h4-7,12,15-16H,8-9H2,1-3H3. The van der Waals surface area contributed by atoms with Gasteiger partial charge in [0.15, 0.2) is 0 Å². The summed E-state index contributed by atoms with van der Waals surface area (Å²) >= 11 is 0. The predicted octanol–water partition coefficient (Wildman–Crippen LogP) is 2.03. The fraction of sp³-hybridized carbons (Fsp3) is 0.500. The van der Waals surface area contributed by atoms with E-state index in [9.17, 15) is 4.79 Å². The highest BCUT2D eigenvalue weighted by Crippen LogP contribution is 2.22. The minimum atomic E-state index is -0.302. The van der Waals surface area contributed by atoms with E-state index in [0.717, 1.165) is 18.7 Å². The maximum absolute atomic E-state index is 11.4. The van der Waals surface area contributed by atoms with E-state index in [1.54, 1.807) is 6.07 Å². The van der Waals surface area contributed by atoms with E-state index in [-0.39, 0.29) is 11.5 Å². The molecule has 1 aliphatic heterocycles. The largest absolute Gasteiger partial charge is 0.465 e. The maximum Gasteiger partial charge on any atom is 0.337 e. The van der Waals surface area contributed by atoms with Crippen LogP contribution in [-0.2, 0) is 4.74 Å². The van der Waals surface area contributed by atoms with Gasteiger partial charge in [0.05, 0.1) is 12.7 Å². The van der Waals surface area contributed by atoms with Gasteiger partial charge in [-0.05, 0) is 38.5 Å². The highest BCUT2D eigenvalue weighted by Gasteiger charge is 2.29. The molecule has 2 N–H and O–H groups in total. The van der Waals surface area contributed by atoms with Crippen LogP contribution in [0.3, 0.4) is 0 Å². The second-order valence-corrected chi connectivity index (χ2v) is 5.38. The van der Waals surface area contributed by atoms with Gasteiger partial charge in [0.1, 0.15) is 0 Å². The predicted molar refractivity (Wildman–Crippen MR) is 71.9 cm³/mol. The molecule has 1 fully saturated rings. The van der Waals surface area contributed by atoms with Gasteiger partial charge in [0.2, 0.25) is 0 Å². The zero-order chi connectivity index (χ0) is 13.2. The summed E-state index contributed by atoms with van der Waals surface area (Å²) in [5, 5.41) is 6.91. The number of carbonyl (C=O) groups excluding carboxylic acids is 1. The summed E-state index contributed by atoms with van der Waals surface area (Å²) in [5.74, 6) is -0.302. The fourth-order valence-electron chi connectivity index (χ4n) is 2.35. The van der Waals surface area contributed by atoms with E-state index in [2.05, 4.69) is 24.5 Å². The molecule has 1 aromatic rings. The SMILES string of the molecule is COC(=O)c1cccc(NC2CNC(C)(C)C2)c1. The van der Waals surface area contributed by atoms with E-state index in [4.69, 9.17) is 4.74 Å². The van der Waals surface area contributed by atoms with Crippen molar-refractivity contribution in [2.75, 3.05) is 19.0 Å². The number of rotatable bonds is 3. The molecule has 0 aromatic heterocycles. The number of benzene rings is 1. The van der Waals surface area contributed by atoms with Crippen LogP contribution in [-0.4, -0.2) is 31.2 Å². The third kappa shape index (κ3) is 3.01. The third-order valence-electron chi connectivity index (χ3n) is 3.24. The number of methoxy groups -OCH3 is 1. The lowest BCUT2D eigenvalue weighted by molar-refractivity contribution is 0.0601. The Hall–Kier alpha value is -1.55. The maximum atomic E-state index is 11.4. The van der Waals surface area contributed by atoms with E-state index in [0.29, 0.717) is 11.6 Å². The topological polar surface area (TPSA) is 50.4 Å². The Kier molecular flexibility index (Phi) is 3.57. The van der Waals surface area contributed by atoms with Gasteiger partial charge in [-0.2, -0.15) is 0 Å². The lowest BCUT2D eigenvalue weighted by Gasteiger charge is -2.18. The molecule has 0 bridgehead atoms. The number of carbonyl (C=O) groups is 1. The molecular weight excluding hydrogens is 228 g/mol. The molecule has 18 heavy (non-hydrogen) atoms. The first kappa shape index (κ1) is 12.9. The number of hydrogen-bond acceptors (Lipinski definition) is 4. The normalized spacial score (nSPS) is 21.6. The van der Waals surface area contributed by atoms with Crippen molar-refractivity contribution in [2.45, 2.75) is 31.8 Å². The van der Waals surface area contributed by atoms with E-state index in [1.807, 2.05) is 18.2 Å². The molecular formula is C14H20N2O2. The summed E-state index contributed by atoms with van der Waals surface area (Å²) in [6, 6.07) is 7.82. The van der Waals surface area contributed by atoms with Crippen molar-refractivity contribution in [1.82, 2.24) is 5.32 Å². The summed E-state index contributed by atoms with van der Waals surface area (Å²) < 4.78 is 4.72. The Morgan fingerprint density at radius 2 is 2.28 bits per heavy atom. The highest BCUT2D eigenvalue weighted by atomic mass is 16.5. The van der Waals surface area contributed by atoms with Crippen molar-refractivity contribution in [1.29, 1.82) is 0 Å². The summed E-state index contributed by atoms with van der Waals surface area (Å²) in [6.45, 7) is 5.33. The third-order valence-corrected chi connectivity index (χ3v) is 3.24. The second-order valence-electron chi connectivity index (χ2n) is 5.38. The lowest BCUT2D eigenvalue weighted by Crippen LogP contribution is -2.31. The van der Waals surface area contributed by atoms with Crippen molar-refractivity contribution in [3.05, 3.63) is 29.8 Å². The molecule has 1 unspecified atom stereocenters. The van der Waals surface area contributed by atoms with Crippen LogP contribution in [0.15, 0.2) is 24.3 Å². The molecule has 0 aliphatic carbocycles. The van der Waals surface area contributed by atoms with E-state index in [1.165, 1.54) is 7.11 Å². The Morgan fingerprint density at radius 3 is 2.89 bits per heavy atom. The zero-order valence-electron chi connectivity index (χ0n) is 11.1. The first-order valence-electron chi connectivity index (χ1n) is 6.20. The summed E-state index contributed by atoms with van der Waals surface area (Å²) in [4.78, 5) is 11.4. The molecule has 0 amide bonds. The van der Waals surface area contributed by atoms with E-state index < -0.39 is 0 Å². The Balaban J connectivity index is 2.04. The molecule has 4 nitrogen and oxygen atoms in total. The van der Waals surface area contributed by atoms with Crippen molar-refractivity contribution in [2.24, 2.45) is 0 Å². The van der Waals surface area contributed by atoms with Crippen LogP contribution in [0.25, 0.3) is 0 Å². The van der Waals surface area contributed by atoms with Gasteiger partial charge in [0.25, 0.3) is 0 Å². The average molecular weight is 248 g/mol. The smallest absolute Gasteiger partial charge is 0.337 e. The van der Waals surface area contributed by atoms with Crippen LogP contribution in [0.5, 0.6) is 0 Å². The van der Waals surface area contributed by atoms with Crippen LogP contribution >= 0.6 is 0 Å². The Bertz CT molecular complexity index is 443. The molecule has 1 aliphatic rings. The average Bonchev–Trinajstić information content (AvgIpc) is 2.68. The van der Waals surface area contributed by atoms with Gasteiger partial charge in [0, 0.05) is 23.8 Å². The fourth-order valence-corrected chi connectivity index (χ4v) is 2.35. The zero-order valence-corrected chi connectivity index (χ0v) is 11.1. The molecule has 1 saturated heterocycles. The van der Waals surface area contributed by atoms with Gasteiger partial charge >= 0.3 is 5.97 Å². The van der Waals surface area contributed by atoms with Crippen LogP contribution < -0.4 is 10.6 Å². The first-order chi connectivity index (χ1) is 8.50. The first-order valence-corrected chi connectivity index (χ1v) is 6.20. The van der Waals surface area contributed by atoms with Gasteiger partial charge in [-0.15, -0.1) is 0 Å². The lowest BCUT2D eigenvalue weighted by atomic mass is 10.0. The van der Waals surface area contributed by atoms with Crippen LogP contribution in [0.1, 0.15) is 30.6 Å². The Labute approximate surface area is 108 Å². The van der Waals surface area contributed by atoms with E-state index >= 15 is 0 Å². The van der Waals surface area contributed by atoms with Gasteiger partial charge < -0.3 is 15.4 Å². The number of esters is 1. The van der Waals surface area contributed by atoms with Gasteiger partial charge in [-0.25, -0.2) is 4.79 Å². The molecule has 1 heterocycles. The Morgan fingerprint density at radius 1 is 1.50 bits per heavy atom.